The number of nitrogens with zero attached hydrogens (tertiary/aromatic N) is 2. The zero-order chi connectivity index (χ0) is 19.8. The highest BCUT2D eigenvalue weighted by Crippen LogP contribution is 2.37. The second-order valence-electron chi connectivity index (χ2n) is 5.64. The van der Waals surface area contributed by atoms with Crippen molar-refractivity contribution in [2.45, 2.75) is 0 Å². The first-order valence-electron chi connectivity index (χ1n) is 7.72. The number of nitrogens with one attached hydrogen (secondary N) is 1. The van der Waals surface area contributed by atoms with Gasteiger partial charge in [0.1, 0.15) is 5.58 Å². The first-order chi connectivity index (χ1) is 13.4. The SMILES string of the molecule is O=C(N/N=C/c1cc2c(cc1[N+](=O)[O-])OCO2)c1cc2cc(Br)cc(I)c2o1. The van der Waals surface area contributed by atoms with Crippen LogP contribution in [0.15, 0.2) is 44.3 Å². The van der Waals surface area contributed by atoms with Gasteiger partial charge in [0.2, 0.25) is 6.79 Å². The number of fused-ring (bicyclic) bond motifs is 2. The lowest BCUT2D eigenvalue weighted by Gasteiger charge is -2.00. The van der Waals surface area contributed by atoms with Crippen molar-refractivity contribution in [3.8, 4) is 11.5 Å². The Bertz CT molecular complexity index is 1160. The lowest BCUT2D eigenvalue weighted by atomic mass is 10.1. The summed E-state index contributed by atoms with van der Waals surface area (Å²) in [5.74, 6) is 0.151. The van der Waals surface area contributed by atoms with E-state index in [1.54, 1.807) is 6.07 Å². The van der Waals surface area contributed by atoms with Crippen LogP contribution < -0.4 is 14.9 Å². The Morgan fingerprint density at radius 1 is 1.25 bits per heavy atom. The highest BCUT2D eigenvalue weighted by molar-refractivity contribution is 14.1. The van der Waals surface area contributed by atoms with Crippen LogP contribution in [0.3, 0.4) is 0 Å². The fourth-order valence-electron chi connectivity index (χ4n) is 2.61. The van der Waals surface area contributed by atoms with E-state index >= 15 is 0 Å². The van der Waals surface area contributed by atoms with Crippen LogP contribution in [0.25, 0.3) is 11.0 Å². The number of carbonyl (C=O) groups is 1. The van der Waals surface area contributed by atoms with E-state index < -0.39 is 10.8 Å². The molecule has 0 fully saturated rings. The Balaban J connectivity index is 1.56. The first kappa shape index (κ1) is 18.7. The number of hydrogen-bond donors (Lipinski definition) is 1. The normalized spacial score (nSPS) is 12.6. The van der Waals surface area contributed by atoms with Gasteiger partial charge in [0.05, 0.1) is 26.3 Å². The van der Waals surface area contributed by atoms with E-state index in [0.29, 0.717) is 11.3 Å². The maximum atomic E-state index is 12.3. The second-order valence-corrected chi connectivity index (χ2v) is 7.72. The minimum absolute atomic E-state index is 0.00914. The average Bonchev–Trinajstić information content (AvgIpc) is 3.27. The van der Waals surface area contributed by atoms with Crippen molar-refractivity contribution in [3.05, 3.63) is 59.8 Å². The van der Waals surface area contributed by atoms with E-state index in [9.17, 15) is 14.9 Å². The molecule has 1 amide bonds. The molecule has 1 aromatic heterocycles. The summed E-state index contributed by atoms with van der Waals surface area (Å²) in [5.41, 5.74) is 2.84. The van der Waals surface area contributed by atoms with Crippen LogP contribution in [0.2, 0.25) is 0 Å². The highest BCUT2D eigenvalue weighted by atomic mass is 127. The predicted octanol–water partition coefficient (Wildman–Crippen LogP) is 4.20. The van der Waals surface area contributed by atoms with Gasteiger partial charge in [-0.1, -0.05) is 15.9 Å². The molecule has 3 aromatic rings. The van der Waals surface area contributed by atoms with Gasteiger partial charge in [-0.15, -0.1) is 0 Å². The molecule has 0 radical (unpaired) electrons. The fourth-order valence-corrected chi connectivity index (χ4v) is 4.27. The second kappa shape index (κ2) is 7.39. The number of nitro benzene ring substituents is 1. The third kappa shape index (κ3) is 3.54. The number of amides is 1. The van der Waals surface area contributed by atoms with Gasteiger partial charge >= 0.3 is 5.91 Å². The van der Waals surface area contributed by atoms with Crippen molar-refractivity contribution in [1.29, 1.82) is 0 Å². The summed E-state index contributed by atoms with van der Waals surface area (Å²) in [5, 5.41) is 15.8. The molecule has 1 aliphatic heterocycles. The number of rotatable bonds is 4. The predicted molar refractivity (Wildman–Crippen MR) is 111 cm³/mol. The van der Waals surface area contributed by atoms with Crippen LogP contribution in [0, 0.1) is 13.7 Å². The molecule has 28 heavy (non-hydrogen) atoms. The van der Waals surface area contributed by atoms with Gasteiger partial charge in [-0.05, 0) is 46.9 Å². The molecule has 0 saturated carbocycles. The fraction of sp³-hybridized carbons (Fsp3) is 0.0588. The number of halogens is 2. The Morgan fingerprint density at radius 2 is 2.00 bits per heavy atom. The zero-order valence-corrected chi connectivity index (χ0v) is 17.5. The Labute approximate surface area is 179 Å². The molecule has 2 aromatic carbocycles. The molecule has 0 unspecified atom stereocenters. The standard InChI is InChI=1S/C17H9BrIN3O6/c18-10-1-8-2-15(28-16(8)11(19)4-10)17(23)21-20-6-9-3-13-14(27-7-26-13)5-12(9)22(24)25/h1-6H,7H2,(H,21,23)/b20-6+. The van der Waals surface area contributed by atoms with Gasteiger partial charge in [0.15, 0.2) is 17.3 Å². The lowest BCUT2D eigenvalue weighted by Crippen LogP contribution is -2.16. The molecule has 11 heteroatoms. The lowest BCUT2D eigenvalue weighted by molar-refractivity contribution is -0.385. The molecule has 0 bridgehead atoms. The molecule has 4 rings (SSSR count). The maximum Gasteiger partial charge on any atom is 0.307 e. The number of benzene rings is 2. The summed E-state index contributed by atoms with van der Waals surface area (Å²) in [6.45, 7) is -0.00914. The van der Waals surface area contributed by atoms with E-state index in [0.717, 1.165) is 13.4 Å². The van der Waals surface area contributed by atoms with E-state index in [1.165, 1.54) is 18.3 Å². The van der Waals surface area contributed by atoms with Crippen LogP contribution in [-0.4, -0.2) is 23.8 Å². The summed E-state index contributed by atoms with van der Waals surface area (Å²) in [6.07, 6.45) is 1.17. The maximum absolute atomic E-state index is 12.3. The molecule has 142 valence electrons. The number of hydrogen-bond acceptors (Lipinski definition) is 7. The molecule has 1 N–H and O–H groups in total. The average molecular weight is 558 g/mol. The first-order valence-corrected chi connectivity index (χ1v) is 9.59. The summed E-state index contributed by atoms with van der Waals surface area (Å²) >= 11 is 5.50. The van der Waals surface area contributed by atoms with Crippen LogP contribution in [-0.2, 0) is 0 Å². The van der Waals surface area contributed by atoms with E-state index in [1.807, 2.05) is 12.1 Å². The van der Waals surface area contributed by atoms with Gasteiger partial charge in [0.25, 0.3) is 5.69 Å². The molecule has 0 saturated heterocycles. The van der Waals surface area contributed by atoms with Gasteiger partial charge in [0, 0.05) is 9.86 Å². The molecule has 1 aliphatic rings. The Hall–Kier alpha value is -2.67. The highest BCUT2D eigenvalue weighted by Gasteiger charge is 2.22. The van der Waals surface area contributed by atoms with Crippen molar-refractivity contribution >= 4 is 67.3 Å². The molecule has 0 atom stereocenters. The van der Waals surface area contributed by atoms with Gasteiger partial charge in [-0.2, -0.15) is 5.10 Å². The smallest absolute Gasteiger partial charge is 0.307 e. The molecular formula is C17H9BrIN3O6. The Kier molecular flexibility index (Phi) is 4.93. The summed E-state index contributed by atoms with van der Waals surface area (Å²) < 4.78 is 17.6. The molecule has 9 nitrogen and oxygen atoms in total. The quantitative estimate of drug-likeness (QED) is 0.222. The number of carbonyl (C=O) groups excluding carboxylic acids is 1. The minimum Gasteiger partial charge on any atom is -0.454 e. The zero-order valence-electron chi connectivity index (χ0n) is 13.8. The van der Waals surface area contributed by atoms with E-state index in [4.69, 9.17) is 13.9 Å². The monoisotopic (exact) mass is 557 g/mol. The third-order valence-electron chi connectivity index (χ3n) is 3.85. The third-order valence-corrected chi connectivity index (χ3v) is 5.11. The molecule has 2 heterocycles. The number of ether oxygens (including phenoxy) is 2. The van der Waals surface area contributed by atoms with Crippen LogP contribution in [0.1, 0.15) is 16.1 Å². The number of nitro groups is 1. The van der Waals surface area contributed by atoms with Crippen molar-refractivity contribution in [2.24, 2.45) is 5.10 Å². The summed E-state index contributed by atoms with van der Waals surface area (Å²) in [4.78, 5) is 23.0. The van der Waals surface area contributed by atoms with Gasteiger partial charge in [-0.25, -0.2) is 5.43 Å². The van der Waals surface area contributed by atoms with Crippen LogP contribution in [0.4, 0.5) is 5.69 Å². The minimum atomic E-state index is -0.581. The molecule has 0 aliphatic carbocycles. The van der Waals surface area contributed by atoms with Gasteiger partial charge < -0.3 is 13.9 Å². The molecule has 0 spiro atoms. The number of furan rings is 1. The number of hydrazone groups is 1. The Morgan fingerprint density at radius 3 is 2.75 bits per heavy atom. The van der Waals surface area contributed by atoms with Crippen molar-refractivity contribution in [2.75, 3.05) is 6.79 Å². The topological polar surface area (TPSA) is 116 Å². The van der Waals surface area contributed by atoms with Crippen LogP contribution >= 0.6 is 38.5 Å². The summed E-state index contributed by atoms with van der Waals surface area (Å²) in [7, 11) is 0. The molecular weight excluding hydrogens is 549 g/mol. The van der Waals surface area contributed by atoms with Crippen molar-refractivity contribution < 1.29 is 23.6 Å². The largest absolute Gasteiger partial charge is 0.454 e. The van der Waals surface area contributed by atoms with E-state index in [2.05, 4.69) is 49.0 Å². The summed E-state index contributed by atoms with van der Waals surface area (Å²) in [6, 6.07) is 7.97. The van der Waals surface area contributed by atoms with Gasteiger partial charge in [-0.3, -0.25) is 14.9 Å². The van der Waals surface area contributed by atoms with Crippen LogP contribution in [0.5, 0.6) is 11.5 Å². The van der Waals surface area contributed by atoms with E-state index in [-0.39, 0.29) is 29.6 Å². The van der Waals surface area contributed by atoms with Crippen molar-refractivity contribution in [3.63, 3.8) is 0 Å². The van der Waals surface area contributed by atoms with Crippen molar-refractivity contribution in [1.82, 2.24) is 5.43 Å².